The highest BCUT2D eigenvalue weighted by Gasteiger charge is 2.32. The lowest BCUT2D eigenvalue weighted by Crippen LogP contribution is -2.17. The summed E-state index contributed by atoms with van der Waals surface area (Å²) in [5.41, 5.74) is 4.75. The van der Waals surface area contributed by atoms with Crippen molar-refractivity contribution >= 4 is 74.3 Å². The summed E-state index contributed by atoms with van der Waals surface area (Å²) in [5, 5.41) is 4.00. The molecule has 0 radical (unpaired) electrons. The first-order chi connectivity index (χ1) is 13.8. The van der Waals surface area contributed by atoms with Crippen LogP contribution in [0.2, 0.25) is 5.15 Å². The van der Waals surface area contributed by atoms with Gasteiger partial charge in [0.05, 0.1) is 29.5 Å². The van der Waals surface area contributed by atoms with E-state index in [1.165, 1.54) is 10.5 Å². The lowest BCUT2D eigenvalue weighted by molar-refractivity contribution is -0.0164. The molecule has 3 aromatic rings. The number of fused-ring (bicyclic) bond motifs is 1. The van der Waals surface area contributed by atoms with Crippen molar-refractivity contribution in [2.45, 2.75) is 50.2 Å². The van der Waals surface area contributed by atoms with Gasteiger partial charge >= 0.3 is 0 Å². The monoisotopic (exact) mass is 560 g/mol. The van der Waals surface area contributed by atoms with Crippen LogP contribution < -0.4 is 5.32 Å². The predicted molar refractivity (Wildman–Crippen MR) is 134 cm³/mol. The first-order valence-corrected chi connectivity index (χ1v) is 15.0. The van der Waals surface area contributed by atoms with Crippen LogP contribution in [0, 0.1) is 6.92 Å². The number of halogens is 2. The molecule has 2 aromatic heterocycles. The maximum atomic E-state index is 6.33. The molecule has 3 heterocycles. The molecule has 0 aliphatic carbocycles. The van der Waals surface area contributed by atoms with Crippen LogP contribution in [-0.2, 0) is 4.74 Å². The molecule has 1 aliphatic heterocycles. The Kier molecular flexibility index (Phi) is 6.34. The van der Waals surface area contributed by atoms with E-state index in [0.717, 1.165) is 41.2 Å². The number of anilines is 2. The minimum Gasteiger partial charge on any atom is -0.368 e. The lowest BCUT2D eigenvalue weighted by Gasteiger charge is -2.20. The second-order valence-electron chi connectivity index (χ2n) is 7.73. The normalized spacial score (nSPS) is 18.9. The van der Waals surface area contributed by atoms with Gasteiger partial charge in [0.25, 0.3) is 0 Å². The Morgan fingerprint density at radius 3 is 2.76 bits per heavy atom. The second-order valence-corrected chi connectivity index (χ2v) is 11.0. The Balaban J connectivity index is 1.70. The number of aryl methyl sites for hydroxylation is 1. The summed E-state index contributed by atoms with van der Waals surface area (Å²) in [6, 6.07) is 8.36. The third-order valence-electron chi connectivity index (χ3n) is 5.17. The zero-order chi connectivity index (χ0) is 20.8. The fraction of sp³-hybridized carbons (Fsp3) is 0.400. The van der Waals surface area contributed by atoms with Crippen molar-refractivity contribution in [2.24, 2.45) is 0 Å². The van der Waals surface area contributed by atoms with E-state index in [1.807, 2.05) is 13.0 Å². The molecule has 2 unspecified atom stereocenters. The molecule has 2 atom stereocenters. The Bertz CT molecular complexity index is 1070. The predicted octanol–water partition coefficient (Wildman–Crippen LogP) is 7.28. The Morgan fingerprint density at radius 1 is 1.31 bits per heavy atom. The molecule has 1 N–H and O–H groups in total. The molecule has 154 valence electrons. The summed E-state index contributed by atoms with van der Waals surface area (Å²) >= 11 is 10.4. The van der Waals surface area contributed by atoms with Gasteiger partial charge in [-0.25, -0.2) is 9.97 Å². The zero-order valence-electron chi connectivity index (χ0n) is 16.7. The molecule has 4 rings (SSSR count). The number of thioether (sulfide) groups is 1. The quantitative estimate of drug-likeness (QED) is 0.154. The first-order valence-electron chi connectivity index (χ1n) is 9.36. The molecule has 1 saturated heterocycles. The van der Waals surface area contributed by atoms with Crippen LogP contribution in [0.5, 0.6) is 0 Å². The number of hydrogen-bond acceptors (Lipinski definition) is 5. The van der Waals surface area contributed by atoms with Crippen molar-refractivity contribution in [2.75, 3.05) is 11.6 Å². The average Bonchev–Trinajstić information content (AvgIpc) is 3.20. The van der Waals surface area contributed by atoms with E-state index < -0.39 is 0 Å². The molecular weight excluding hydrogens is 538 g/mol. The SMILES string of the molecule is CSc1cc(C2CCC(C)(C)O2)ccc1Nc1cc(Cl)nc2c1nc(C)n2PI. The van der Waals surface area contributed by atoms with Crippen LogP contribution in [-0.4, -0.2) is 26.2 Å². The van der Waals surface area contributed by atoms with Gasteiger partial charge in [-0.3, -0.25) is 4.34 Å². The lowest BCUT2D eigenvalue weighted by atomic mass is 10.0. The molecule has 0 bridgehead atoms. The van der Waals surface area contributed by atoms with E-state index in [2.05, 4.69) is 75.0 Å². The largest absolute Gasteiger partial charge is 0.368 e. The fourth-order valence-electron chi connectivity index (χ4n) is 3.69. The van der Waals surface area contributed by atoms with Gasteiger partial charge < -0.3 is 10.1 Å². The van der Waals surface area contributed by atoms with E-state index >= 15 is 0 Å². The van der Waals surface area contributed by atoms with Gasteiger partial charge in [-0.1, -0.05) is 17.7 Å². The average molecular weight is 561 g/mol. The summed E-state index contributed by atoms with van der Waals surface area (Å²) < 4.78 is 8.31. The van der Waals surface area contributed by atoms with Gasteiger partial charge in [0.1, 0.15) is 16.5 Å². The molecule has 1 fully saturated rings. The van der Waals surface area contributed by atoms with Crippen molar-refractivity contribution in [1.29, 1.82) is 0 Å². The van der Waals surface area contributed by atoms with Crippen molar-refractivity contribution in [3.05, 3.63) is 40.8 Å². The molecule has 0 saturated carbocycles. The number of aromatic nitrogens is 3. The Morgan fingerprint density at radius 2 is 2.10 bits per heavy atom. The smallest absolute Gasteiger partial charge is 0.167 e. The van der Waals surface area contributed by atoms with E-state index in [-0.39, 0.29) is 11.7 Å². The van der Waals surface area contributed by atoms with Crippen molar-refractivity contribution in [3.8, 4) is 0 Å². The van der Waals surface area contributed by atoms with Crippen LogP contribution in [0.15, 0.2) is 29.2 Å². The molecule has 29 heavy (non-hydrogen) atoms. The van der Waals surface area contributed by atoms with Crippen molar-refractivity contribution < 1.29 is 4.74 Å². The first kappa shape index (κ1) is 21.6. The Hall–Kier alpha value is -0.600. The number of pyridine rings is 1. The van der Waals surface area contributed by atoms with Crippen molar-refractivity contribution in [3.63, 3.8) is 0 Å². The van der Waals surface area contributed by atoms with Crippen LogP contribution in [0.4, 0.5) is 11.4 Å². The van der Waals surface area contributed by atoms with Gasteiger partial charge in [0.15, 0.2) is 5.65 Å². The summed E-state index contributed by atoms with van der Waals surface area (Å²) in [7, 11) is 0. The van der Waals surface area contributed by atoms with Gasteiger partial charge in [-0.15, -0.1) is 11.8 Å². The van der Waals surface area contributed by atoms with Gasteiger partial charge in [0, 0.05) is 11.0 Å². The van der Waals surface area contributed by atoms with Crippen LogP contribution >= 0.6 is 51.8 Å². The summed E-state index contributed by atoms with van der Waals surface area (Å²) in [6.07, 6.45) is 4.91. The van der Waals surface area contributed by atoms with Crippen LogP contribution in [0.3, 0.4) is 0 Å². The van der Waals surface area contributed by atoms with E-state index in [1.54, 1.807) is 11.8 Å². The standard InChI is InChI=1S/C20H23ClIN4OPS/c1-11-23-18-14(10-17(21)25-19(18)26(11)28-22)24-13-6-5-12(9-16(13)29-4)15-7-8-20(2,3)27-15/h5-6,9-10,15,28H,7-8H2,1-4H3,(H,24,25). The molecule has 0 spiro atoms. The number of nitrogens with zero attached hydrogens (tertiary/aromatic N) is 3. The fourth-order valence-corrected chi connectivity index (χ4v) is 6.62. The molecule has 9 heteroatoms. The number of nitrogens with one attached hydrogen (secondary N) is 1. The highest BCUT2D eigenvalue weighted by atomic mass is 127. The third-order valence-corrected chi connectivity index (χ3v) is 8.30. The minimum absolute atomic E-state index is 0.0451. The topological polar surface area (TPSA) is 52.0 Å². The van der Waals surface area contributed by atoms with Crippen LogP contribution in [0.1, 0.15) is 44.2 Å². The third kappa shape index (κ3) is 4.40. The minimum atomic E-state index is -0.0451. The number of ether oxygens (including phenoxy) is 1. The molecule has 0 amide bonds. The van der Waals surface area contributed by atoms with Gasteiger partial charge in [0.2, 0.25) is 0 Å². The molecular formula is C20H23ClIN4OPS. The van der Waals surface area contributed by atoms with E-state index in [0.29, 0.717) is 11.5 Å². The maximum absolute atomic E-state index is 6.33. The summed E-state index contributed by atoms with van der Waals surface area (Å²) in [6.45, 7) is 6.32. The van der Waals surface area contributed by atoms with E-state index in [4.69, 9.17) is 21.3 Å². The number of imidazole rings is 1. The van der Waals surface area contributed by atoms with Crippen molar-refractivity contribution in [1.82, 2.24) is 14.3 Å². The highest BCUT2D eigenvalue weighted by molar-refractivity contribution is 14.2. The van der Waals surface area contributed by atoms with Gasteiger partial charge in [-0.2, -0.15) is 0 Å². The molecule has 1 aliphatic rings. The zero-order valence-corrected chi connectivity index (χ0v) is 21.4. The molecule has 5 nitrogen and oxygen atoms in total. The maximum Gasteiger partial charge on any atom is 0.167 e. The second kappa shape index (κ2) is 8.50. The number of benzene rings is 1. The highest BCUT2D eigenvalue weighted by Crippen LogP contribution is 2.42. The number of rotatable bonds is 5. The van der Waals surface area contributed by atoms with Gasteiger partial charge in [-0.05, 0) is 79.6 Å². The summed E-state index contributed by atoms with van der Waals surface area (Å²) in [5.74, 6) is 0.937. The molecule has 1 aromatic carbocycles. The number of hydrogen-bond donors (Lipinski definition) is 1. The van der Waals surface area contributed by atoms with Crippen LogP contribution in [0.25, 0.3) is 11.2 Å². The summed E-state index contributed by atoms with van der Waals surface area (Å²) in [4.78, 5) is 10.4. The van der Waals surface area contributed by atoms with E-state index in [9.17, 15) is 0 Å². The Labute approximate surface area is 195 Å².